The van der Waals surface area contributed by atoms with Crippen LogP contribution in [0, 0.1) is 6.92 Å². The molecule has 0 saturated heterocycles. The van der Waals surface area contributed by atoms with Crippen LogP contribution in [0.3, 0.4) is 0 Å². The van der Waals surface area contributed by atoms with Gasteiger partial charge in [-0.05, 0) is 38.5 Å². The number of hydrogen-bond acceptors (Lipinski definition) is 4. The lowest BCUT2D eigenvalue weighted by atomic mass is 9.93. The average Bonchev–Trinajstić information content (AvgIpc) is 2.72. The number of fused-ring (bicyclic) bond motifs is 2. The molecule has 0 aliphatic rings. The molecule has 0 aliphatic carbocycles. The first-order valence-corrected chi connectivity index (χ1v) is 9.82. The molecule has 4 rings (SSSR count). The predicted octanol–water partition coefficient (Wildman–Crippen LogP) is 6.18. The lowest BCUT2D eigenvalue weighted by Gasteiger charge is -2.18. The van der Waals surface area contributed by atoms with E-state index in [9.17, 15) is 10.2 Å². The quantitative estimate of drug-likeness (QED) is 0.429. The molecule has 0 bridgehead atoms. The molecule has 4 heteroatoms. The van der Waals surface area contributed by atoms with E-state index in [0.717, 1.165) is 21.7 Å². The Hall–Kier alpha value is -3.40. The number of aromatic hydroxyl groups is 2. The van der Waals surface area contributed by atoms with Gasteiger partial charge in [-0.25, -0.2) is 0 Å². The minimum absolute atomic E-state index is 0.106. The number of hydrogen-bond donors (Lipinski definition) is 2. The fourth-order valence-electron chi connectivity index (χ4n) is 3.89. The van der Waals surface area contributed by atoms with Crippen molar-refractivity contribution in [2.75, 3.05) is 13.2 Å². The Kier molecular flexibility index (Phi) is 4.93. The largest absolute Gasteiger partial charge is 0.507 e. The molecule has 0 atom stereocenters. The minimum atomic E-state index is 0.106. The third-order valence-electron chi connectivity index (χ3n) is 5.17. The Balaban J connectivity index is 2.09. The fraction of sp³-hybridized carbons (Fsp3) is 0.200. The molecule has 4 nitrogen and oxygen atoms in total. The van der Waals surface area contributed by atoms with Gasteiger partial charge in [0.1, 0.15) is 23.0 Å². The predicted molar refractivity (Wildman–Crippen MR) is 117 cm³/mol. The van der Waals surface area contributed by atoms with Gasteiger partial charge in [-0.1, -0.05) is 42.5 Å². The zero-order valence-corrected chi connectivity index (χ0v) is 16.8. The first-order chi connectivity index (χ1) is 14.1. The van der Waals surface area contributed by atoms with E-state index in [0.29, 0.717) is 41.2 Å². The highest BCUT2D eigenvalue weighted by atomic mass is 16.5. The summed E-state index contributed by atoms with van der Waals surface area (Å²) < 4.78 is 11.7. The Labute approximate surface area is 169 Å². The molecular formula is C25H24O4. The Morgan fingerprint density at radius 3 is 1.90 bits per heavy atom. The van der Waals surface area contributed by atoms with E-state index in [1.54, 1.807) is 12.1 Å². The average molecular weight is 388 g/mol. The molecule has 0 aliphatic heterocycles. The maximum absolute atomic E-state index is 11.2. The third kappa shape index (κ3) is 3.11. The number of ether oxygens (including phenoxy) is 2. The standard InChI is InChI=1S/C25H24O4/c1-4-28-21-13-19(24(26)17-11-7-6-10-16(17)21)20-14-22(29-5-2)18-12-8-9-15(3)23(18)25(20)27/h6-14,26-27H,4-5H2,1-3H3. The van der Waals surface area contributed by atoms with Gasteiger partial charge in [0.05, 0.1) is 13.2 Å². The van der Waals surface area contributed by atoms with Gasteiger partial charge >= 0.3 is 0 Å². The van der Waals surface area contributed by atoms with Crippen LogP contribution in [0.1, 0.15) is 19.4 Å². The van der Waals surface area contributed by atoms with E-state index in [4.69, 9.17) is 9.47 Å². The van der Waals surface area contributed by atoms with Crippen molar-refractivity contribution in [2.24, 2.45) is 0 Å². The molecule has 2 N–H and O–H groups in total. The topological polar surface area (TPSA) is 58.9 Å². The van der Waals surface area contributed by atoms with Crippen molar-refractivity contribution in [3.63, 3.8) is 0 Å². The van der Waals surface area contributed by atoms with Gasteiger partial charge in [0.15, 0.2) is 0 Å². The van der Waals surface area contributed by atoms with Crippen molar-refractivity contribution in [2.45, 2.75) is 20.8 Å². The summed E-state index contributed by atoms with van der Waals surface area (Å²) in [5.74, 6) is 1.56. The van der Waals surface area contributed by atoms with Crippen LogP contribution in [0.5, 0.6) is 23.0 Å². The van der Waals surface area contributed by atoms with Gasteiger partial charge in [-0.2, -0.15) is 0 Å². The van der Waals surface area contributed by atoms with Crippen molar-refractivity contribution >= 4 is 21.5 Å². The van der Waals surface area contributed by atoms with Crippen LogP contribution in [0.15, 0.2) is 54.6 Å². The molecule has 0 heterocycles. The number of benzene rings is 4. The van der Waals surface area contributed by atoms with Gasteiger partial charge < -0.3 is 19.7 Å². The highest BCUT2D eigenvalue weighted by Crippen LogP contribution is 2.48. The number of phenolic OH excluding ortho intramolecular Hbond substituents is 2. The van der Waals surface area contributed by atoms with Crippen LogP contribution in [-0.4, -0.2) is 23.4 Å². The second kappa shape index (κ2) is 7.55. The first-order valence-electron chi connectivity index (χ1n) is 9.82. The third-order valence-corrected chi connectivity index (χ3v) is 5.17. The summed E-state index contributed by atoms with van der Waals surface area (Å²) in [6.07, 6.45) is 0. The maximum atomic E-state index is 11.2. The van der Waals surface area contributed by atoms with Crippen molar-refractivity contribution in [1.82, 2.24) is 0 Å². The molecular weight excluding hydrogens is 364 g/mol. The highest BCUT2D eigenvalue weighted by Gasteiger charge is 2.20. The molecule has 0 radical (unpaired) electrons. The summed E-state index contributed by atoms with van der Waals surface area (Å²) in [5, 5.41) is 25.3. The Morgan fingerprint density at radius 1 is 0.690 bits per heavy atom. The lowest BCUT2D eigenvalue weighted by molar-refractivity contribution is 0.343. The molecule has 0 unspecified atom stereocenters. The number of rotatable bonds is 5. The van der Waals surface area contributed by atoms with Crippen molar-refractivity contribution in [3.05, 3.63) is 60.2 Å². The van der Waals surface area contributed by atoms with Gasteiger partial charge in [0.25, 0.3) is 0 Å². The van der Waals surface area contributed by atoms with Crippen LogP contribution in [-0.2, 0) is 0 Å². The summed E-state index contributed by atoms with van der Waals surface area (Å²) in [5.41, 5.74) is 1.96. The van der Waals surface area contributed by atoms with Gasteiger partial charge in [0, 0.05) is 32.7 Å². The molecule has 4 aromatic carbocycles. The zero-order chi connectivity index (χ0) is 20.5. The van der Waals surface area contributed by atoms with E-state index >= 15 is 0 Å². The molecule has 4 aromatic rings. The van der Waals surface area contributed by atoms with Crippen LogP contribution < -0.4 is 9.47 Å². The summed E-state index contributed by atoms with van der Waals surface area (Å²) in [4.78, 5) is 0. The first kappa shape index (κ1) is 18.9. The molecule has 0 spiro atoms. The van der Waals surface area contributed by atoms with Crippen molar-refractivity contribution < 1.29 is 19.7 Å². The zero-order valence-electron chi connectivity index (χ0n) is 16.8. The Morgan fingerprint density at radius 2 is 1.24 bits per heavy atom. The lowest BCUT2D eigenvalue weighted by Crippen LogP contribution is -1.97. The van der Waals surface area contributed by atoms with Crippen LogP contribution in [0.2, 0.25) is 0 Å². The fourth-order valence-corrected chi connectivity index (χ4v) is 3.89. The molecule has 148 valence electrons. The summed E-state index contributed by atoms with van der Waals surface area (Å²) in [7, 11) is 0. The SMILES string of the molecule is CCOc1cc(-c2cc(OCC)c3cccc(C)c3c2O)c(O)c2ccccc12. The van der Waals surface area contributed by atoms with Crippen molar-refractivity contribution in [1.29, 1.82) is 0 Å². The van der Waals surface area contributed by atoms with E-state index in [2.05, 4.69) is 0 Å². The number of aryl methyl sites for hydroxylation is 1. The van der Waals surface area contributed by atoms with E-state index in [1.165, 1.54) is 0 Å². The van der Waals surface area contributed by atoms with Gasteiger partial charge in [-0.3, -0.25) is 0 Å². The van der Waals surface area contributed by atoms with Crippen LogP contribution in [0.4, 0.5) is 0 Å². The second-order valence-electron chi connectivity index (χ2n) is 6.95. The smallest absolute Gasteiger partial charge is 0.131 e. The monoisotopic (exact) mass is 388 g/mol. The molecule has 0 fully saturated rings. The second-order valence-corrected chi connectivity index (χ2v) is 6.95. The summed E-state index contributed by atoms with van der Waals surface area (Å²) in [6, 6.07) is 17.0. The normalized spacial score (nSPS) is 11.1. The molecule has 0 saturated carbocycles. The minimum Gasteiger partial charge on any atom is -0.507 e. The number of phenols is 2. The highest BCUT2D eigenvalue weighted by molar-refractivity contribution is 6.05. The molecule has 0 amide bonds. The van der Waals surface area contributed by atoms with E-state index in [-0.39, 0.29) is 11.5 Å². The van der Waals surface area contributed by atoms with Gasteiger partial charge in [0.2, 0.25) is 0 Å². The summed E-state index contributed by atoms with van der Waals surface area (Å²) in [6.45, 7) is 6.80. The van der Waals surface area contributed by atoms with Crippen molar-refractivity contribution in [3.8, 4) is 34.1 Å². The maximum Gasteiger partial charge on any atom is 0.131 e. The van der Waals surface area contributed by atoms with Crippen LogP contribution in [0.25, 0.3) is 32.7 Å². The van der Waals surface area contributed by atoms with E-state index < -0.39 is 0 Å². The van der Waals surface area contributed by atoms with Gasteiger partial charge in [-0.15, -0.1) is 0 Å². The summed E-state index contributed by atoms with van der Waals surface area (Å²) >= 11 is 0. The van der Waals surface area contributed by atoms with E-state index in [1.807, 2.05) is 63.2 Å². The van der Waals surface area contributed by atoms with Crippen LogP contribution >= 0.6 is 0 Å². The molecule has 29 heavy (non-hydrogen) atoms. The Bertz CT molecular complexity index is 1210. The molecule has 0 aromatic heterocycles.